The van der Waals surface area contributed by atoms with Gasteiger partial charge in [-0.25, -0.2) is 4.39 Å². The Bertz CT molecular complexity index is 1010. The van der Waals surface area contributed by atoms with E-state index in [-0.39, 0.29) is 18.0 Å². The van der Waals surface area contributed by atoms with E-state index >= 15 is 0 Å². The van der Waals surface area contributed by atoms with Crippen molar-refractivity contribution in [1.82, 2.24) is 15.1 Å². The number of hydrogen-bond acceptors (Lipinski definition) is 7. The van der Waals surface area contributed by atoms with Crippen molar-refractivity contribution in [1.29, 1.82) is 5.26 Å². The number of aromatic nitrogens is 2. The molecule has 168 valence electrons. The number of fused-ring (bicyclic) bond motifs is 1. The third kappa shape index (κ3) is 4.46. The van der Waals surface area contributed by atoms with Crippen molar-refractivity contribution >= 4 is 5.82 Å². The largest absolute Gasteiger partial charge is 0.376 e. The molecular weight excluding hydrogens is 409 g/mol. The van der Waals surface area contributed by atoms with E-state index < -0.39 is 0 Å². The number of hydrogen-bond donors (Lipinski definition) is 1. The molecule has 3 heterocycles. The Morgan fingerprint density at radius 3 is 2.72 bits per heavy atom. The summed E-state index contributed by atoms with van der Waals surface area (Å²) in [7, 11) is 0. The van der Waals surface area contributed by atoms with Crippen LogP contribution in [0.4, 0.5) is 10.2 Å². The van der Waals surface area contributed by atoms with Gasteiger partial charge in [-0.15, -0.1) is 10.2 Å². The summed E-state index contributed by atoms with van der Waals surface area (Å²) >= 11 is 0. The molecule has 3 aliphatic rings. The number of rotatable bonds is 5. The summed E-state index contributed by atoms with van der Waals surface area (Å²) in [6.07, 6.45) is 2.30. The lowest BCUT2D eigenvalue weighted by Gasteiger charge is -2.28. The Labute approximate surface area is 187 Å². The second kappa shape index (κ2) is 9.10. The first-order valence-electron chi connectivity index (χ1n) is 11.3. The molecule has 2 aromatic rings. The van der Waals surface area contributed by atoms with Crippen LogP contribution in [0.1, 0.15) is 24.0 Å². The predicted molar refractivity (Wildman–Crippen MR) is 118 cm³/mol. The van der Waals surface area contributed by atoms with Crippen LogP contribution in [0.5, 0.6) is 0 Å². The van der Waals surface area contributed by atoms with E-state index in [0.717, 1.165) is 38.0 Å². The Morgan fingerprint density at radius 1 is 1.19 bits per heavy atom. The number of halogens is 1. The minimum absolute atomic E-state index is 0.185. The molecule has 1 aromatic carbocycles. The van der Waals surface area contributed by atoms with Crippen molar-refractivity contribution in [2.75, 3.05) is 44.8 Å². The Kier molecular flexibility index (Phi) is 6.05. The van der Waals surface area contributed by atoms with Crippen molar-refractivity contribution in [3.05, 3.63) is 41.2 Å². The van der Waals surface area contributed by atoms with E-state index in [9.17, 15) is 9.65 Å². The SMILES string of the molecule is Cc1ccc(F)cc1-c1cc(C#N)c(N[C@@H]2C[C@@H]3CN(C[C@@H]4COCCO4)C[C@@H]3C2)nn1. The van der Waals surface area contributed by atoms with Gasteiger partial charge in [0, 0.05) is 31.2 Å². The van der Waals surface area contributed by atoms with Crippen molar-refractivity contribution in [3.63, 3.8) is 0 Å². The minimum atomic E-state index is -0.331. The lowest BCUT2D eigenvalue weighted by molar-refractivity contribution is -0.0964. The highest BCUT2D eigenvalue weighted by Crippen LogP contribution is 2.39. The highest BCUT2D eigenvalue weighted by atomic mass is 19.1. The average molecular weight is 438 g/mol. The van der Waals surface area contributed by atoms with Gasteiger partial charge < -0.3 is 19.7 Å². The van der Waals surface area contributed by atoms with Gasteiger partial charge in [0.1, 0.15) is 11.9 Å². The number of aryl methyl sites for hydroxylation is 1. The Hall–Kier alpha value is -2.60. The zero-order valence-corrected chi connectivity index (χ0v) is 18.3. The van der Waals surface area contributed by atoms with E-state index in [2.05, 4.69) is 26.5 Å². The first-order chi connectivity index (χ1) is 15.6. The summed E-state index contributed by atoms with van der Waals surface area (Å²) < 4.78 is 25.0. The Morgan fingerprint density at radius 2 is 2.00 bits per heavy atom. The highest BCUT2D eigenvalue weighted by Gasteiger charge is 2.41. The normalized spacial score (nSPS) is 27.8. The molecule has 1 aliphatic carbocycles. The molecule has 7 nitrogen and oxygen atoms in total. The summed E-state index contributed by atoms with van der Waals surface area (Å²) in [5.74, 6) is 1.47. The van der Waals surface area contributed by atoms with E-state index in [1.165, 1.54) is 12.1 Å². The number of anilines is 1. The van der Waals surface area contributed by atoms with E-state index in [1.54, 1.807) is 12.1 Å². The van der Waals surface area contributed by atoms with Crippen molar-refractivity contribution in [2.45, 2.75) is 31.9 Å². The van der Waals surface area contributed by atoms with Gasteiger partial charge >= 0.3 is 0 Å². The molecule has 1 aromatic heterocycles. The topological polar surface area (TPSA) is 83.3 Å². The quantitative estimate of drug-likeness (QED) is 0.770. The summed E-state index contributed by atoms with van der Waals surface area (Å²) in [4.78, 5) is 2.50. The summed E-state index contributed by atoms with van der Waals surface area (Å²) in [5, 5.41) is 21.7. The van der Waals surface area contributed by atoms with Crippen molar-refractivity contribution in [2.24, 2.45) is 11.8 Å². The minimum Gasteiger partial charge on any atom is -0.376 e. The van der Waals surface area contributed by atoms with Gasteiger partial charge in [0.05, 0.1) is 37.2 Å². The van der Waals surface area contributed by atoms with Gasteiger partial charge in [0.2, 0.25) is 0 Å². The van der Waals surface area contributed by atoms with Gasteiger partial charge in [-0.3, -0.25) is 0 Å². The molecule has 0 radical (unpaired) electrons. The molecular formula is C24H28FN5O2. The first kappa shape index (κ1) is 21.3. The summed E-state index contributed by atoms with van der Waals surface area (Å²) in [6, 6.07) is 8.76. The number of nitriles is 1. The summed E-state index contributed by atoms with van der Waals surface area (Å²) in [5.41, 5.74) is 2.50. The molecule has 0 unspecified atom stereocenters. The second-order valence-corrected chi connectivity index (χ2v) is 9.18. The fourth-order valence-corrected chi connectivity index (χ4v) is 5.37. The average Bonchev–Trinajstić information content (AvgIpc) is 3.34. The molecule has 1 saturated carbocycles. The van der Waals surface area contributed by atoms with Crippen molar-refractivity contribution in [3.8, 4) is 17.3 Å². The zero-order chi connectivity index (χ0) is 22.1. The van der Waals surface area contributed by atoms with Crippen LogP contribution in [0.15, 0.2) is 24.3 Å². The molecule has 0 bridgehead atoms. The van der Waals surface area contributed by atoms with Crippen LogP contribution in [0.2, 0.25) is 0 Å². The maximum atomic E-state index is 13.7. The predicted octanol–water partition coefficient (Wildman–Crippen LogP) is 3.00. The smallest absolute Gasteiger partial charge is 0.166 e. The first-order valence-corrected chi connectivity index (χ1v) is 11.3. The molecule has 32 heavy (non-hydrogen) atoms. The third-order valence-corrected chi connectivity index (χ3v) is 6.90. The molecule has 2 saturated heterocycles. The van der Waals surface area contributed by atoms with E-state index in [0.29, 0.717) is 54.3 Å². The van der Waals surface area contributed by atoms with Crippen molar-refractivity contribution < 1.29 is 13.9 Å². The molecule has 0 amide bonds. The van der Waals surface area contributed by atoms with Gasteiger partial charge in [-0.2, -0.15) is 5.26 Å². The fourth-order valence-electron chi connectivity index (χ4n) is 5.37. The second-order valence-electron chi connectivity index (χ2n) is 9.18. The van der Waals surface area contributed by atoms with Crippen LogP contribution in [0.25, 0.3) is 11.3 Å². The fraction of sp³-hybridized carbons (Fsp3) is 0.542. The van der Waals surface area contributed by atoms with Crippen LogP contribution in [-0.4, -0.2) is 66.7 Å². The molecule has 0 spiro atoms. The number of nitrogens with zero attached hydrogens (tertiary/aromatic N) is 4. The Balaban J connectivity index is 1.21. The number of benzene rings is 1. The maximum Gasteiger partial charge on any atom is 0.166 e. The number of nitrogens with one attached hydrogen (secondary N) is 1. The van der Waals surface area contributed by atoms with E-state index in [1.807, 2.05) is 6.92 Å². The zero-order valence-electron chi connectivity index (χ0n) is 18.3. The lowest BCUT2D eigenvalue weighted by Crippen LogP contribution is -2.39. The number of likely N-dealkylation sites (tertiary alicyclic amines) is 1. The van der Waals surface area contributed by atoms with Gasteiger partial charge in [0.25, 0.3) is 0 Å². The molecule has 5 rings (SSSR count). The monoisotopic (exact) mass is 437 g/mol. The maximum absolute atomic E-state index is 13.7. The molecule has 4 atom stereocenters. The molecule has 1 N–H and O–H groups in total. The van der Waals surface area contributed by atoms with Gasteiger partial charge in [0.15, 0.2) is 5.82 Å². The van der Waals surface area contributed by atoms with E-state index in [4.69, 9.17) is 9.47 Å². The van der Waals surface area contributed by atoms with Crippen LogP contribution in [0, 0.1) is 35.9 Å². The highest BCUT2D eigenvalue weighted by molar-refractivity contribution is 5.67. The molecule has 2 aliphatic heterocycles. The molecule has 3 fully saturated rings. The van der Waals surface area contributed by atoms with Crippen LogP contribution in [-0.2, 0) is 9.47 Å². The van der Waals surface area contributed by atoms with Crippen LogP contribution >= 0.6 is 0 Å². The molecule has 8 heteroatoms. The van der Waals surface area contributed by atoms with Crippen LogP contribution < -0.4 is 5.32 Å². The summed E-state index contributed by atoms with van der Waals surface area (Å²) in [6.45, 7) is 7.08. The standard InChI is InChI=1S/C24H28FN5O2/c1-15-2-3-19(25)9-22(15)23-8-16(10-26)24(29-28-23)27-20-6-17-11-30(12-18(17)7-20)13-21-14-31-4-5-32-21/h2-3,8-9,17-18,20-21H,4-7,11-14H2,1H3,(H,27,29)/t17-,18+,20-,21-/m1/s1. The van der Waals surface area contributed by atoms with Gasteiger partial charge in [-0.05, 0) is 55.4 Å². The number of ether oxygens (including phenoxy) is 2. The lowest BCUT2D eigenvalue weighted by atomic mass is 10.0. The third-order valence-electron chi connectivity index (χ3n) is 6.90. The van der Waals surface area contributed by atoms with Gasteiger partial charge in [-0.1, -0.05) is 6.07 Å². The van der Waals surface area contributed by atoms with Crippen LogP contribution in [0.3, 0.4) is 0 Å².